The van der Waals surface area contributed by atoms with Crippen LogP contribution in [0.25, 0.3) is 0 Å². The minimum Gasteiger partial charge on any atom is -0.395 e. The number of nitrogen functional groups attached to an aromatic ring is 1. The number of hydrogen-bond donors (Lipinski definition) is 3. The monoisotopic (exact) mass is 292 g/mol. The Morgan fingerprint density at radius 3 is 2.57 bits per heavy atom. The zero-order chi connectivity index (χ0) is 15.2. The first-order valence-electron chi connectivity index (χ1n) is 8.26. The van der Waals surface area contributed by atoms with Crippen molar-refractivity contribution in [3.05, 3.63) is 11.4 Å². The average molecular weight is 292 g/mol. The molecule has 1 aliphatic carbocycles. The first kappa shape index (κ1) is 15.9. The molecule has 5 heteroatoms. The van der Waals surface area contributed by atoms with Crippen LogP contribution >= 0.6 is 0 Å². The molecule has 1 fully saturated rings. The summed E-state index contributed by atoms with van der Waals surface area (Å²) < 4.78 is 0. The molecule has 1 aromatic rings. The molecule has 1 aromatic heterocycles. The number of rotatable bonds is 6. The van der Waals surface area contributed by atoms with E-state index < -0.39 is 0 Å². The fourth-order valence-corrected chi connectivity index (χ4v) is 3.17. The van der Waals surface area contributed by atoms with Crippen molar-refractivity contribution in [2.75, 3.05) is 12.3 Å². The van der Waals surface area contributed by atoms with Crippen molar-refractivity contribution in [2.24, 2.45) is 11.8 Å². The third-order valence-electron chi connectivity index (χ3n) is 4.69. The Morgan fingerprint density at radius 1 is 1.29 bits per heavy atom. The van der Waals surface area contributed by atoms with E-state index in [1.165, 1.54) is 32.1 Å². The lowest BCUT2D eigenvalue weighted by Crippen LogP contribution is -2.31. The van der Waals surface area contributed by atoms with Crippen molar-refractivity contribution in [3.63, 3.8) is 0 Å². The molecule has 5 nitrogen and oxygen atoms in total. The summed E-state index contributed by atoms with van der Waals surface area (Å²) in [7, 11) is 0. The standard InChI is InChI=1S/C16H28N4O/c1-3-5-13-14(17)15(20-19-13)16(21)18-10-12-8-6-11(4-2)7-9-12/h11-12H,3-10,17H2,1-2H3,(H,18,21)(H,19,20). The molecule has 21 heavy (non-hydrogen) atoms. The number of nitrogens with two attached hydrogens (primary N) is 1. The van der Waals surface area contributed by atoms with E-state index in [-0.39, 0.29) is 5.91 Å². The van der Waals surface area contributed by atoms with Crippen LogP contribution in [0.1, 0.15) is 68.6 Å². The molecule has 0 saturated heterocycles. The van der Waals surface area contributed by atoms with Gasteiger partial charge in [0.2, 0.25) is 0 Å². The second-order valence-electron chi connectivity index (χ2n) is 6.22. The largest absolute Gasteiger partial charge is 0.395 e. The summed E-state index contributed by atoms with van der Waals surface area (Å²) in [5.74, 6) is 1.34. The van der Waals surface area contributed by atoms with Crippen LogP contribution in [0.5, 0.6) is 0 Å². The van der Waals surface area contributed by atoms with Gasteiger partial charge in [0.1, 0.15) is 0 Å². The number of hydrogen-bond acceptors (Lipinski definition) is 3. The van der Waals surface area contributed by atoms with Gasteiger partial charge in [0.05, 0.1) is 11.4 Å². The van der Waals surface area contributed by atoms with Crippen molar-refractivity contribution >= 4 is 11.6 Å². The van der Waals surface area contributed by atoms with Gasteiger partial charge in [0, 0.05) is 6.54 Å². The molecule has 118 valence electrons. The van der Waals surface area contributed by atoms with Crippen molar-refractivity contribution in [1.82, 2.24) is 15.5 Å². The molecule has 1 heterocycles. The number of aromatic amines is 1. The Balaban J connectivity index is 1.82. The van der Waals surface area contributed by atoms with E-state index in [1.54, 1.807) is 0 Å². The van der Waals surface area contributed by atoms with Gasteiger partial charge < -0.3 is 11.1 Å². The van der Waals surface area contributed by atoms with Crippen molar-refractivity contribution in [1.29, 1.82) is 0 Å². The number of nitrogens with zero attached hydrogens (tertiary/aromatic N) is 1. The van der Waals surface area contributed by atoms with Crippen LogP contribution in [0.4, 0.5) is 5.69 Å². The Kier molecular flexibility index (Phi) is 5.65. The third-order valence-corrected chi connectivity index (χ3v) is 4.69. The number of aryl methyl sites for hydroxylation is 1. The zero-order valence-electron chi connectivity index (χ0n) is 13.2. The van der Waals surface area contributed by atoms with Gasteiger partial charge in [-0.15, -0.1) is 0 Å². The summed E-state index contributed by atoms with van der Waals surface area (Å²) >= 11 is 0. The molecule has 0 atom stereocenters. The molecule has 0 spiro atoms. The van der Waals surface area contributed by atoms with Gasteiger partial charge in [0.15, 0.2) is 5.69 Å². The van der Waals surface area contributed by atoms with Gasteiger partial charge in [-0.05, 0) is 31.1 Å². The Labute approximate surface area is 127 Å². The SMILES string of the molecule is CCCc1[nH]nc(C(=O)NCC2CCC(CC)CC2)c1N. The van der Waals surface area contributed by atoms with Crippen LogP contribution in [0, 0.1) is 11.8 Å². The third kappa shape index (κ3) is 3.99. The molecular weight excluding hydrogens is 264 g/mol. The molecule has 4 N–H and O–H groups in total. The van der Waals surface area contributed by atoms with Gasteiger partial charge in [0.25, 0.3) is 5.91 Å². The van der Waals surface area contributed by atoms with Crippen molar-refractivity contribution < 1.29 is 4.79 Å². The van der Waals surface area contributed by atoms with Crippen LogP contribution in [-0.4, -0.2) is 22.6 Å². The molecular formula is C16H28N4O. The van der Waals surface area contributed by atoms with E-state index >= 15 is 0 Å². The second kappa shape index (κ2) is 7.48. The van der Waals surface area contributed by atoms with Crippen LogP contribution in [-0.2, 0) is 6.42 Å². The van der Waals surface area contributed by atoms with E-state index in [1.807, 2.05) is 0 Å². The molecule has 0 radical (unpaired) electrons. The van der Waals surface area contributed by atoms with E-state index in [0.29, 0.717) is 17.3 Å². The van der Waals surface area contributed by atoms with Gasteiger partial charge in [-0.25, -0.2) is 0 Å². The van der Waals surface area contributed by atoms with Gasteiger partial charge in [-0.2, -0.15) is 5.10 Å². The van der Waals surface area contributed by atoms with Crippen molar-refractivity contribution in [3.8, 4) is 0 Å². The number of anilines is 1. The van der Waals surface area contributed by atoms with Gasteiger partial charge >= 0.3 is 0 Å². The predicted octanol–water partition coefficient (Wildman–Crippen LogP) is 2.89. The highest BCUT2D eigenvalue weighted by atomic mass is 16.1. The fourth-order valence-electron chi connectivity index (χ4n) is 3.17. The first-order chi connectivity index (χ1) is 10.2. The summed E-state index contributed by atoms with van der Waals surface area (Å²) in [5.41, 5.74) is 7.70. The highest BCUT2D eigenvalue weighted by Crippen LogP contribution is 2.30. The van der Waals surface area contributed by atoms with Crippen LogP contribution in [0.15, 0.2) is 0 Å². The maximum absolute atomic E-state index is 12.2. The van der Waals surface area contributed by atoms with Gasteiger partial charge in [-0.3, -0.25) is 9.89 Å². The fraction of sp³-hybridized carbons (Fsp3) is 0.750. The topological polar surface area (TPSA) is 83.8 Å². The number of carbonyl (C=O) groups is 1. The lowest BCUT2D eigenvalue weighted by atomic mass is 9.81. The number of nitrogens with one attached hydrogen (secondary N) is 2. The number of aromatic nitrogens is 2. The average Bonchev–Trinajstić information content (AvgIpc) is 2.87. The highest BCUT2D eigenvalue weighted by molar-refractivity contribution is 5.97. The minimum atomic E-state index is -0.149. The van der Waals surface area contributed by atoms with E-state index in [4.69, 9.17) is 5.73 Å². The number of carbonyl (C=O) groups excluding carboxylic acids is 1. The lowest BCUT2D eigenvalue weighted by molar-refractivity contribution is 0.0937. The van der Waals surface area contributed by atoms with Crippen LogP contribution in [0.2, 0.25) is 0 Å². The summed E-state index contributed by atoms with van der Waals surface area (Å²) in [6, 6.07) is 0. The second-order valence-corrected chi connectivity index (χ2v) is 6.22. The Bertz CT molecular complexity index is 461. The molecule has 1 aliphatic rings. The van der Waals surface area contributed by atoms with Crippen LogP contribution in [0.3, 0.4) is 0 Å². The van der Waals surface area contributed by atoms with Gasteiger partial charge in [-0.1, -0.05) is 39.5 Å². The summed E-state index contributed by atoms with van der Waals surface area (Å²) in [6.45, 7) is 5.08. The number of amides is 1. The molecule has 0 unspecified atom stereocenters. The van der Waals surface area contributed by atoms with E-state index in [9.17, 15) is 4.79 Å². The zero-order valence-corrected chi connectivity index (χ0v) is 13.2. The Hall–Kier alpha value is -1.52. The summed E-state index contributed by atoms with van der Waals surface area (Å²) in [5, 5.41) is 9.93. The maximum atomic E-state index is 12.2. The summed E-state index contributed by atoms with van der Waals surface area (Å²) in [4.78, 5) is 12.2. The van der Waals surface area contributed by atoms with Crippen LogP contribution < -0.4 is 11.1 Å². The molecule has 1 saturated carbocycles. The normalized spacial score (nSPS) is 22.2. The Morgan fingerprint density at radius 2 is 1.95 bits per heavy atom. The minimum absolute atomic E-state index is 0.149. The maximum Gasteiger partial charge on any atom is 0.273 e. The lowest BCUT2D eigenvalue weighted by Gasteiger charge is -2.27. The van der Waals surface area contributed by atoms with E-state index in [0.717, 1.165) is 31.0 Å². The molecule has 0 aliphatic heterocycles. The predicted molar refractivity (Wildman–Crippen MR) is 85.1 cm³/mol. The molecule has 0 aromatic carbocycles. The van der Waals surface area contributed by atoms with E-state index in [2.05, 4.69) is 29.4 Å². The smallest absolute Gasteiger partial charge is 0.273 e. The molecule has 1 amide bonds. The highest BCUT2D eigenvalue weighted by Gasteiger charge is 2.22. The van der Waals surface area contributed by atoms with Crippen molar-refractivity contribution in [2.45, 2.75) is 58.8 Å². The summed E-state index contributed by atoms with van der Waals surface area (Å²) in [6.07, 6.45) is 8.11. The quantitative estimate of drug-likeness (QED) is 0.753. The first-order valence-corrected chi connectivity index (χ1v) is 8.26. The molecule has 0 bridgehead atoms. The molecule has 2 rings (SSSR count). The number of H-pyrrole nitrogens is 1.